The van der Waals surface area contributed by atoms with Gasteiger partial charge in [-0.3, -0.25) is 0 Å². The van der Waals surface area contributed by atoms with Crippen LogP contribution in [-0.2, 0) is 0 Å². The van der Waals surface area contributed by atoms with Crippen LogP contribution in [0.5, 0.6) is 0 Å². The minimum Gasteiger partial charge on any atom is -0.226 e. The third-order valence-corrected chi connectivity index (χ3v) is 1.01. The van der Waals surface area contributed by atoms with Gasteiger partial charge in [0.05, 0.1) is 10.3 Å². The van der Waals surface area contributed by atoms with Crippen molar-refractivity contribution < 1.29 is 8.78 Å². The average molecular weight is 194 g/mol. The molecule has 0 aromatic heterocycles. The van der Waals surface area contributed by atoms with Crippen LogP contribution in [0.3, 0.4) is 0 Å². The van der Waals surface area contributed by atoms with Crippen molar-refractivity contribution in [2.75, 3.05) is 13.1 Å². The summed E-state index contributed by atoms with van der Waals surface area (Å²) in [7, 11) is 0. The summed E-state index contributed by atoms with van der Waals surface area (Å²) in [6, 6.07) is 0. The summed E-state index contributed by atoms with van der Waals surface area (Å²) in [4.78, 5) is 6.18. The van der Waals surface area contributed by atoms with Crippen molar-refractivity contribution in [3.8, 4) is 0 Å². The minimum atomic E-state index is -2.99. The van der Waals surface area contributed by atoms with E-state index in [0.717, 1.165) is 0 Å². The molecule has 0 saturated carbocycles. The third-order valence-electron chi connectivity index (χ3n) is 0.750. The molecule has 0 aliphatic heterocycles. The largest absolute Gasteiger partial charge is 0.287 e. The molecular weight excluding hydrogens is 190 g/mol. The summed E-state index contributed by atoms with van der Waals surface area (Å²) in [6.07, 6.45) is 0. The van der Waals surface area contributed by atoms with Gasteiger partial charge in [-0.1, -0.05) is 0 Å². The Hall–Kier alpha value is -0.540. The highest BCUT2D eigenvalue weighted by atomic mass is 32.1. The summed E-state index contributed by atoms with van der Waals surface area (Å²) < 4.78 is 24.9. The predicted molar refractivity (Wildman–Crippen MR) is 44.7 cm³/mol. The van der Waals surface area contributed by atoms with Gasteiger partial charge in [0.15, 0.2) is 0 Å². The zero-order valence-electron chi connectivity index (χ0n) is 5.38. The Balaban J connectivity index is 3.98. The van der Waals surface area contributed by atoms with Crippen molar-refractivity contribution in [3.05, 3.63) is 0 Å². The molecule has 0 bridgehead atoms. The Morgan fingerprint density at radius 3 is 1.73 bits per heavy atom. The molecule has 0 rings (SSSR count). The average Bonchev–Trinajstić information content (AvgIpc) is 1.97. The van der Waals surface area contributed by atoms with Crippen LogP contribution in [0.15, 0.2) is 9.98 Å². The summed E-state index contributed by atoms with van der Waals surface area (Å²) in [5, 5.41) is 3.68. The molecule has 0 atom stereocenters. The fourth-order valence-corrected chi connectivity index (χ4v) is 0.475. The fourth-order valence-electron chi connectivity index (χ4n) is 0.346. The number of thiocarbonyl (C=S) groups is 2. The quantitative estimate of drug-likeness (QED) is 0.503. The molecule has 2 nitrogen and oxygen atoms in total. The fraction of sp³-hybridized carbons (Fsp3) is 0.600. The summed E-state index contributed by atoms with van der Waals surface area (Å²) in [5.74, 6) is -2.99. The highest BCUT2D eigenvalue weighted by molar-refractivity contribution is 7.78. The molecule has 0 N–H and O–H groups in total. The first-order valence-corrected chi connectivity index (χ1v) is 3.39. The predicted octanol–water partition coefficient (Wildman–Crippen LogP) is 1.83. The van der Waals surface area contributed by atoms with Crippen LogP contribution < -0.4 is 0 Å². The van der Waals surface area contributed by atoms with E-state index >= 15 is 0 Å². The van der Waals surface area contributed by atoms with E-state index in [1.165, 1.54) is 0 Å². The van der Waals surface area contributed by atoms with E-state index in [1.54, 1.807) is 0 Å². The van der Waals surface area contributed by atoms with Gasteiger partial charge in [0.2, 0.25) is 0 Å². The molecule has 0 unspecified atom stereocenters. The van der Waals surface area contributed by atoms with E-state index in [-0.39, 0.29) is 0 Å². The third kappa shape index (κ3) is 5.88. The van der Waals surface area contributed by atoms with E-state index in [9.17, 15) is 8.78 Å². The van der Waals surface area contributed by atoms with Crippen molar-refractivity contribution in [1.29, 1.82) is 0 Å². The summed E-state index contributed by atoms with van der Waals surface area (Å²) in [6.45, 7) is -1.39. The Labute approximate surface area is 73.0 Å². The lowest BCUT2D eigenvalue weighted by molar-refractivity contribution is 0.0224. The molecule has 0 radical (unpaired) electrons. The molecule has 0 aromatic carbocycles. The molecule has 11 heavy (non-hydrogen) atoms. The van der Waals surface area contributed by atoms with Gasteiger partial charge in [0.25, 0.3) is 5.92 Å². The molecule has 0 amide bonds. The van der Waals surface area contributed by atoms with E-state index in [0.29, 0.717) is 0 Å². The van der Waals surface area contributed by atoms with E-state index in [1.807, 2.05) is 10.3 Å². The molecule has 0 aliphatic rings. The van der Waals surface area contributed by atoms with Gasteiger partial charge in [-0.15, -0.1) is 0 Å². The van der Waals surface area contributed by atoms with Crippen molar-refractivity contribution in [2.24, 2.45) is 9.98 Å². The second kappa shape index (κ2) is 5.16. The topological polar surface area (TPSA) is 24.7 Å². The van der Waals surface area contributed by atoms with Crippen molar-refractivity contribution in [1.82, 2.24) is 0 Å². The number of isothiocyanates is 2. The zero-order chi connectivity index (χ0) is 8.74. The van der Waals surface area contributed by atoms with Crippen LogP contribution in [0, 0.1) is 0 Å². The number of rotatable bonds is 4. The molecule has 0 aliphatic carbocycles. The van der Waals surface area contributed by atoms with Gasteiger partial charge in [0.1, 0.15) is 13.1 Å². The summed E-state index contributed by atoms with van der Waals surface area (Å²) in [5.41, 5.74) is 0. The molecule has 60 valence electrons. The SMILES string of the molecule is FC(F)(CN=C=S)CN=C=S. The van der Waals surface area contributed by atoms with E-state index in [4.69, 9.17) is 0 Å². The number of aliphatic imine (C=N–C) groups is 2. The standard InChI is InChI=1S/C5H4F2N2S2/c6-5(7,1-8-3-10)2-9-4-11/h1-2H2. The monoisotopic (exact) mass is 194 g/mol. The molecule has 0 heterocycles. The van der Waals surface area contributed by atoms with E-state index < -0.39 is 19.0 Å². The smallest absolute Gasteiger partial charge is 0.226 e. The maximum Gasteiger partial charge on any atom is 0.287 e. The first-order chi connectivity index (χ1) is 5.12. The Kier molecular flexibility index (Phi) is 4.90. The maximum absolute atomic E-state index is 12.4. The van der Waals surface area contributed by atoms with Crippen LogP contribution >= 0.6 is 24.4 Å². The Morgan fingerprint density at radius 1 is 1.09 bits per heavy atom. The Bertz CT molecular complexity index is 195. The lowest BCUT2D eigenvalue weighted by atomic mass is 10.3. The zero-order valence-corrected chi connectivity index (χ0v) is 7.01. The minimum absolute atomic E-state index is 0.697. The molecule has 0 spiro atoms. The van der Waals surface area contributed by atoms with Crippen molar-refractivity contribution in [3.63, 3.8) is 0 Å². The van der Waals surface area contributed by atoms with Gasteiger partial charge in [-0.05, 0) is 24.4 Å². The van der Waals surface area contributed by atoms with Crippen molar-refractivity contribution >= 4 is 34.8 Å². The number of alkyl halides is 2. The second-order valence-electron chi connectivity index (χ2n) is 1.67. The number of hydrogen-bond donors (Lipinski definition) is 0. The molecule has 0 aromatic rings. The van der Waals surface area contributed by atoms with Gasteiger partial charge < -0.3 is 0 Å². The van der Waals surface area contributed by atoms with Crippen LogP contribution in [0.25, 0.3) is 0 Å². The van der Waals surface area contributed by atoms with Gasteiger partial charge >= 0.3 is 0 Å². The summed E-state index contributed by atoms with van der Waals surface area (Å²) >= 11 is 8.23. The Morgan fingerprint density at radius 2 is 1.45 bits per heavy atom. The maximum atomic E-state index is 12.4. The normalized spacial score (nSPS) is 9.64. The number of hydrogen-bond acceptors (Lipinski definition) is 4. The first-order valence-electron chi connectivity index (χ1n) is 2.57. The molecule has 0 fully saturated rings. The second-order valence-corrected chi connectivity index (χ2v) is 2.04. The lowest BCUT2D eigenvalue weighted by Gasteiger charge is -2.07. The van der Waals surface area contributed by atoms with Crippen molar-refractivity contribution in [2.45, 2.75) is 5.92 Å². The molecular formula is C5H4F2N2S2. The van der Waals surface area contributed by atoms with Gasteiger partial charge in [0, 0.05) is 0 Å². The molecule has 6 heteroatoms. The highest BCUT2D eigenvalue weighted by Gasteiger charge is 2.27. The van der Waals surface area contributed by atoms with Gasteiger partial charge in [-0.25, -0.2) is 18.8 Å². The van der Waals surface area contributed by atoms with E-state index in [2.05, 4.69) is 34.4 Å². The van der Waals surface area contributed by atoms with Crippen LogP contribution in [-0.4, -0.2) is 29.3 Å². The van der Waals surface area contributed by atoms with Crippen LogP contribution in [0.1, 0.15) is 0 Å². The lowest BCUT2D eigenvalue weighted by Crippen LogP contribution is -2.23. The number of halogens is 2. The van der Waals surface area contributed by atoms with Crippen LogP contribution in [0.4, 0.5) is 8.78 Å². The molecule has 0 saturated heterocycles. The van der Waals surface area contributed by atoms with Gasteiger partial charge in [-0.2, -0.15) is 0 Å². The number of nitrogens with zero attached hydrogens (tertiary/aromatic N) is 2. The van der Waals surface area contributed by atoms with Crippen LogP contribution in [0.2, 0.25) is 0 Å². The highest BCUT2D eigenvalue weighted by Crippen LogP contribution is 2.13. The first kappa shape index (κ1) is 10.5.